The standard InChI is InChI=1S/C57H42N2O/c1-55(2)44-23-10-7-20-40(44)43-29-28-38(33-49(43)55)51-34-50(58-54(59-51)36-16-5-4-6-17-36)37-18-15-19-39(32-37)56(3)31-30-48-53(35-56)60-52-27-14-13-26-47(52)57(48)45-24-11-8-21-41(45)42-22-9-12-25-46(42)57/h4-34H,35H2,1-3H3. The lowest BCUT2D eigenvalue weighted by Crippen LogP contribution is -2.37. The molecule has 0 amide bonds. The van der Waals surface area contributed by atoms with Gasteiger partial charge in [0.05, 0.1) is 16.8 Å². The van der Waals surface area contributed by atoms with Crippen LogP contribution in [0.4, 0.5) is 0 Å². The number of hydrogen-bond acceptors (Lipinski definition) is 3. The van der Waals surface area contributed by atoms with Crippen LogP contribution in [0.3, 0.4) is 0 Å². The first-order valence-electron chi connectivity index (χ1n) is 21.0. The Morgan fingerprint density at radius 2 is 1.03 bits per heavy atom. The number of benzene rings is 7. The third kappa shape index (κ3) is 4.90. The molecule has 0 saturated heterocycles. The summed E-state index contributed by atoms with van der Waals surface area (Å²) in [5, 5.41) is 0. The molecule has 7 aromatic carbocycles. The fraction of sp³-hybridized carbons (Fsp3) is 0.123. The first-order chi connectivity index (χ1) is 29.3. The summed E-state index contributed by atoms with van der Waals surface area (Å²) in [4.78, 5) is 10.5. The van der Waals surface area contributed by atoms with Crippen LogP contribution in [0.25, 0.3) is 56.2 Å². The van der Waals surface area contributed by atoms with Crippen molar-refractivity contribution in [2.45, 2.75) is 43.4 Å². The van der Waals surface area contributed by atoms with Crippen LogP contribution in [0, 0.1) is 0 Å². The highest BCUT2D eigenvalue weighted by Crippen LogP contribution is 2.62. The summed E-state index contributed by atoms with van der Waals surface area (Å²) in [5.41, 5.74) is 18.2. The average Bonchev–Trinajstić information content (AvgIpc) is 3.72. The van der Waals surface area contributed by atoms with Crippen molar-refractivity contribution in [3.63, 3.8) is 0 Å². The molecule has 1 atom stereocenters. The Morgan fingerprint density at radius 1 is 0.467 bits per heavy atom. The molecule has 3 aliphatic carbocycles. The summed E-state index contributed by atoms with van der Waals surface area (Å²) < 4.78 is 6.99. The Morgan fingerprint density at radius 3 is 1.75 bits per heavy atom. The van der Waals surface area contributed by atoms with Crippen LogP contribution < -0.4 is 4.74 Å². The summed E-state index contributed by atoms with van der Waals surface area (Å²) in [6, 6.07) is 63.6. The molecule has 1 unspecified atom stereocenters. The lowest BCUT2D eigenvalue weighted by atomic mass is 9.62. The van der Waals surface area contributed by atoms with Crippen molar-refractivity contribution < 1.29 is 4.74 Å². The van der Waals surface area contributed by atoms with Gasteiger partial charge in [-0.05, 0) is 74.3 Å². The number of fused-ring (bicyclic) bond motifs is 11. The number of nitrogens with zero attached hydrogens (tertiary/aromatic N) is 2. The maximum absolute atomic E-state index is 6.99. The monoisotopic (exact) mass is 770 g/mol. The van der Waals surface area contributed by atoms with Crippen LogP contribution in [0.1, 0.15) is 60.6 Å². The second kappa shape index (κ2) is 12.7. The summed E-state index contributed by atoms with van der Waals surface area (Å²) in [7, 11) is 0. The molecule has 2 heterocycles. The van der Waals surface area contributed by atoms with Gasteiger partial charge in [-0.15, -0.1) is 0 Å². The molecule has 8 aromatic rings. The van der Waals surface area contributed by atoms with Gasteiger partial charge in [-0.3, -0.25) is 0 Å². The smallest absolute Gasteiger partial charge is 0.160 e. The summed E-state index contributed by atoms with van der Waals surface area (Å²) in [5.74, 6) is 2.66. The van der Waals surface area contributed by atoms with Crippen molar-refractivity contribution in [1.82, 2.24) is 9.97 Å². The van der Waals surface area contributed by atoms with Crippen LogP contribution in [0.5, 0.6) is 5.75 Å². The Labute approximate surface area is 351 Å². The van der Waals surface area contributed by atoms with E-state index in [1.807, 2.05) is 6.07 Å². The molecule has 60 heavy (non-hydrogen) atoms. The van der Waals surface area contributed by atoms with Crippen LogP contribution in [0.15, 0.2) is 199 Å². The Balaban J connectivity index is 0.965. The van der Waals surface area contributed by atoms with Gasteiger partial charge in [0.2, 0.25) is 0 Å². The lowest BCUT2D eigenvalue weighted by Gasteiger charge is -2.44. The highest BCUT2D eigenvalue weighted by Gasteiger charge is 2.53. The average molecular weight is 771 g/mol. The van der Waals surface area contributed by atoms with E-state index in [4.69, 9.17) is 14.7 Å². The second-order valence-corrected chi connectivity index (χ2v) is 17.5. The van der Waals surface area contributed by atoms with Crippen LogP contribution in [0.2, 0.25) is 0 Å². The molecule has 286 valence electrons. The highest BCUT2D eigenvalue weighted by molar-refractivity contribution is 5.88. The van der Waals surface area contributed by atoms with E-state index in [0.717, 1.165) is 46.0 Å². The van der Waals surface area contributed by atoms with E-state index in [1.54, 1.807) is 0 Å². The van der Waals surface area contributed by atoms with Crippen molar-refractivity contribution in [1.29, 1.82) is 0 Å². The SMILES string of the molecule is CC1(c2cccc(-c3cc(-c4ccc5c(c4)C(C)(C)c4ccccc4-5)nc(-c4ccccc4)n3)c2)C=CC2=C(C1)Oc1ccccc1C21c2ccccc2-c2ccccc21. The molecule has 1 aromatic heterocycles. The topological polar surface area (TPSA) is 35.0 Å². The molecule has 12 rings (SSSR count). The van der Waals surface area contributed by atoms with E-state index < -0.39 is 5.41 Å². The fourth-order valence-electron chi connectivity index (χ4n) is 10.8. The summed E-state index contributed by atoms with van der Waals surface area (Å²) >= 11 is 0. The largest absolute Gasteiger partial charge is 0.461 e. The van der Waals surface area contributed by atoms with Gasteiger partial charge in [0, 0.05) is 45.1 Å². The van der Waals surface area contributed by atoms with E-state index in [-0.39, 0.29) is 10.8 Å². The summed E-state index contributed by atoms with van der Waals surface area (Å²) in [6.45, 7) is 7.00. The number of ether oxygens (including phenoxy) is 1. The zero-order valence-electron chi connectivity index (χ0n) is 33.9. The number of aromatic nitrogens is 2. The first kappa shape index (κ1) is 34.9. The molecular formula is C57H42N2O. The third-order valence-corrected chi connectivity index (χ3v) is 13.8. The first-order valence-corrected chi connectivity index (χ1v) is 21.0. The zero-order chi connectivity index (χ0) is 40.2. The van der Waals surface area contributed by atoms with Gasteiger partial charge >= 0.3 is 0 Å². The minimum absolute atomic E-state index is 0.110. The fourth-order valence-corrected chi connectivity index (χ4v) is 10.8. The molecular weight excluding hydrogens is 729 g/mol. The van der Waals surface area contributed by atoms with Gasteiger partial charge < -0.3 is 4.74 Å². The molecule has 0 fully saturated rings. The molecule has 0 radical (unpaired) electrons. The van der Waals surface area contributed by atoms with Gasteiger partial charge in [0.15, 0.2) is 5.82 Å². The van der Waals surface area contributed by atoms with E-state index in [2.05, 4.69) is 203 Å². The predicted octanol–water partition coefficient (Wildman–Crippen LogP) is 13.7. The van der Waals surface area contributed by atoms with E-state index >= 15 is 0 Å². The minimum atomic E-state index is -0.461. The van der Waals surface area contributed by atoms with E-state index in [0.29, 0.717) is 5.82 Å². The predicted molar refractivity (Wildman–Crippen MR) is 243 cm³/mol. The molecule has 1 spiro atoms. The quantitative estimate of drug-likeness (QED) is 0.179. The van der Waals surface area contributed by atoms with Crippen molar-refractivity contribution in [2.75, 3.05) is 0 Å². The van der Waals surface area contributed by atoms with Gasteiger partial charge in [0.25, 0.3) is 0 Å². The van der Waals surface area contributed by atoms with Gasteiger partial charge in [0.1, 0.15) is 11.5 Å². The Hall–Kier alpha value is -7.10. The molecule has 0 saturated carbocycles. The van der Waals surface area contributed by atoms with Gasteiger partial charge in [-0.25, -0.2) is 9.97 Å². The van der Waals surface area contributed by atoms with E-state index in [9.17, 15) is 0 Å². The number of allylic oxidation sites excluding steroid dienone is 4. The zero-order valence-corrected chi connectivity index (χ0v) is 33.9. The number of hydrogen-bond donors (Lipinski definition) is 0. The minimum Gasteiger partial charge on any atom is -0.461 e. The molecule has 0 bridgehead atoms. The molecule has 4 aliphatic rings. The normalized spacial score (nSPS) is 18.2. The third-order valence-electron chi connectivity index (χ3n) is 13.8. The van der Waals surface area contributed by atoms with Crippen molar-refractivity contribution >= 4 is 0 Å². The summed E-state index contributed by atoms with van der Waals surface area (Å²) in [6.07, 6.45) is 5.50. The van der Waals surface area contributed by atoms with E-state index in [1.165, 1.54) is 61.2 Å². The Bertz CT molecular complexity index is 3110. The second-order valence-electron chi connectivity index (χ2n) is 17.5. The Kier molecular flexibility index (Phi) is 7.39. The lowest BCUT2D eigenvalue weighted by molar-refractivity contribution is 0.335. The van der Waals surface area contributed by atoms with Crippen molar-refractivity contribution in [3.8, 4) is 61.9 Å². The number of rotatable bonds is 4. The van der Waals surface area contributed by atoms with Crippen molar-refractivity contribution in [3.05, 3.63) is 233 Å². The van der Waals surface area contributed by atoms with Crippen LogP contribution >= 0.6 is 0 Å². The van der Waals surface area contributed by atoms with Gasteiger partial charge in [-0.2, -0.15) is 0 Å². The molecule has 3 heteroatoms. The molecule has 0 N–H and O–H groups in total. The number of para-hydroxylation sites is 1. The van der Waals surface area contributed by atoms with Crippen molar-refractivity contribution in [2.24, 2.45) is 0 Å². The maximum atomic E-state index is 6.99. The highest BCUT2D eigenvalue weighted by atomic mass is 16.5. The molecule has 1 aliphatic heterocycles. The van der Waals surface area contributed by atoms with Crippen LogP contribution in [-0.2, 0) is 16.2 Å². The maximum Gasteiger partial charge on any atom is 0.160 e. The molecule has 3 nitrogen and oxygen atoms in total. The van der Waals surface area contributed by atoms with Crippen LogP contribution in [-0.4, -0.2) is 9.97 Å². The van der Waals surface area contributed by atoms with Gasteiger partial charge in [-0.1, -0.05) is 185 Å².